The first-order valence-corrected chi connectivity index (χ1v) is 4.69. The molecule has 1 aliphatic rings. The number of rotatable bonds is 0. The van der Waals surface area contributed by atoms with Crippen molar-refractivity contribution < 1.29 is 4.74 Å². The Balaban J connectivity index is 2.38. The maximum Gasteiger partial charge on any atom is 0.136 e. The summed E-state index contributed by atoms with van der Waals surface area (Å²) in [6.45, 7) is 0. The second-order valence-corrected chi connectivity index (χ2v) is 3.21. The molecule has 0 atom stereocenters. The van der Waals surface area contributed by atoms with Crippen molar-refractivity contribution in [2.45, 2.75) is 0 Å². The van der Waals surface area contributed by atoms with E-state index in [0.717, 1.165) is 22.3 Å². The second kappa shape index (κ2) is 3.20. The number of allylic oxidation sites excluding steroid dienone is 2. The van der Waals surface area contributed by atoms with E-state index in [2.05, 4.69) is 9.97 Å². The van der Waals surface area contributed by atoms with Gasteiger partial charge in [0.05, 0.1) is 17.3 Å². The van der Waals surface area contributed by atoms with Gasteiger partial charge in [0.25, 0.3) is 0 Å². The molecule has 0 bridgehead atoms. The summed E-state index contributed by atoms with van der Waals surface area (Å²) >= 11 is 0. The first kappa shape index (κ1) is 8.17. The van der Waals surface area contributed by atoms with Crippen molar-refractivity contribution in [2.24, 2.45) is 0 Å². The number of fused-ring (bicyclic) bond motifs is 3. The van der Waals surface area contributed by atoms with E-state index in [1.165, 1.54) is 0 Å². The second-order valence-electron chi connectivity index (χ2n) is 3.21. The zero-order valence-electron chi connectivity index (χ0n) is 7.92. The first-order chi connectivity index (χ1) is 7.45. The molecule has 2 aromatic rings. The Kier molecular flexibility index (Phi) is 1.75. The highest BCUT2D eigenvalue weighted by Crippen LogP contribution is 2.28. The predicted octanol–water partition coefficient (Wildman–Crippen LogP) is 2.55. The third-order valence-electron chi connectivity index (χ3n) is 2.29. The van der Waals surface area contributed by atoms with Crippen molar-refractivity contribution in [3.63, 3.8) is 0 Å². The molecule has 2 heterocycles. The Bertz CT molecular complexity index is 573. The van der Waals surface area contributed by atoms with Gasteiger partial charge >= 0.3 is 0 Å². The maximum absolute atomic E-state index is 5.45. The van der Waals surface area contributed by atoms with Crippen LogP contribution in [0.5, 0.6) is 5.75 Å². The van der Waals surface area contributed by atoms with Gasteiger partial charge in [-0.3, -0.25) is 9.97 Å². The molecule has 0 unspecified atom stereocenters. The van der Waals surface area contributed by atoms with Crippen LogP contribution < -0.4 is 4.74 Å². The van der Waals surface area contributed by atoms with Crippen LogP contribution in [0.15, 0.2) is 42.9 Å². The van der Waals surface area contributed by atoms with Crippen LogP contribution in [-0.2, 0) is 0 Å². The summed E-state index contributed by atoms with van der Waals surface area (Å²) in [5.41, 5.74) is 2.73. The molecule has 3 rings (SSSR count). The number of aromatic nitrogens is 2. The summed E-state index contributed by atoms with van der Waals surface area (Å²) in [5, 5.41) is 0. The van der Waals surface area contributed by atoms with Gasteiger partial charge in [-0.15, -0.1) is 0 Å². The van der Waals surface area contributed by atoms with Gasteiger partial charge in [-0.2, -0.15) is 0 Å². The lowest BCUT2D eigenvalue weighted by Crippen LogP contribution is -1.90. The van der Waals surface area contributed by atoms with Gasteiger partial charge in [0.15, 0.2) is 0 Å². The molecule has 0 radical (unpaired) electrons. The molecule has 0 aliphatic carbocycles. The van der Waals surface area contributed by atoms with E-state index in [4.69, 9.17) is 4.74 Å². The Labute approximate surface area is 86.7 Å². The summed E-state index contributed by atoms with van der Waals surface area (Å²) in [6.07, 6.45) is 10.8. The number of hydrogen-bond acceptors (Lipinski definition) is 3. The Hall–Kier alpha value is -2.16. The van der Waals surface area contributed by atoms with Crippen LogP contribution in [0.1, 0.15) is 5.56 Å². The highest BCUT2D eigenvalue weighted by atomic mass is 16.5. The molecule has 0 spiro atoms. The fourth-order valence-corrected chi connectivity index (χ4v) is 1.61. The van der Waals surface area contributed by atoms with Crippen LogP contribution in [-0.4, -0.2) is 9.97 Å². The van der Waals surface area contributed by atoms with Crippen LogP contribution in [0.2, 0.25) is 0 Å². The molecular weight excluding hydrogens is 188 g/mol. The summed E-state index contributed by atoms with van der Waals surface area (Å²) < 4.78 is 5.45. The molecule has 0 fully saturated rings. The lowest BCUT2D eigenvalue weighted by molar-refractivity contribution is 0.482. The molecule has 0 saturated heterocycles. The average molecular weight is 196 g/mol. The molecular formula is C12H8N2O. The molecule has 3 heteroatoms. The van der Waals surface area contributed by atoms with Crippen LogP contribution in [0.25, 0.3) is 17.1 Å². The molecule has 15 heavy (non-hydrogen) atoms. The van der Waals surface area contributed by atoms with Gasteiger partial charge in [-0.1, -0.05) is 6.08 Å². The van der Waals surface area contributed by atoms with Crippen molar-refractivity contribution in [2.75, 3.05) is 0 Å². The summed E-state index contributed by atoms with van der Waals surface area (Å²) in [7, 11) is 0. The topological polar surface area (TPSA) is 35.0 Å². The van der Waals surface area contributed by atoms with Gasteiger partial charge in [-0.05, 0) is 24.3 Å². The zero-order chi connectivity index (χ0) is 10.1. The van der Waals surface area contributed by atoms with E-state index in [9.17, 15) is 0 Å². The predicted molar refractivity (Wildman–Crippen MR) is 58.3 cm³/mol. The lowest BCUT2D eigenvalue weighted by atomic mass is 10.1. The summed E-state index contributed by atoms with van der Waals surface area (Å²) in [4.78, 5) is 8.56. The van der Waals surface area contributed by atoms with Crippen LogP contribution in [0.3, 0.4) is 0 Å². The SMILES string of the molecule is C1=COc2ccc3nccnc3c2C=C1. The van der Waals surface area contributed by atoms with Gasteiger partial charge in [0, 0.05) is 18.0 Å². The van der Waals surface area contributed by atoms with Gasteiger partial charge in [0.2, 0.25) is 0 Å². The average Bonchev–Trinajstić information content (AvgIpc) is 2.54. The molecule has 0 N–H and O–H groups in total. The molecule has 1 aromatic carbocycles. The summed E-state index contributed by atoms with van der Waals surface area (Å²) in [6, 6.07) is 3.82. The van der Waals surface area contributed by atoms with Crippen LogP contribution in [0, 0.1) is 0 Å². The van der Waals surface area contributed by atoms with E-state index in [1.54, 1.807) is 18.7 Å². The standard InChI is InChI=1S/C12H8N2O/c1-2-8-15-11-5-4-10-12(9(11)3-1)14-7-6-13-10/h1-8H. The molecule has 0 amide bonds. The fourth-order valence-electron chi connectivity index (χ4n) is 1.61. The van der Waals surface area contributed by atoms with Gasteiger partial charge in [0.1, 0.15) is 5.75 Å². The van der Waals surface area contributed by atoms with Gasteiger partial charge < -0.3 is 4.74 Å². The summed E-state index contributed by atoms with van der Waals surface area (Å²) in [5.74, 6) is 0.813. The van der Waals surface area contributed by atoms with E-state index in [0.29, 0.717) is 0 Å². The number of nitrogens with zero attached hydrogens (tertiary/aromatic N) is 2. The van der Waals surface area contributed by atoms with Crippen molar-refractivity contribution in [1.29, 1.82) is 0 Å². The van der Waals surface area contributed by atoms with Crippen molar-refractivity contribution in [3.8, 4) is 5.75 Å². The van der Waals surface area contributed by atoms with E-state index >= 15 is 0 Å². The first-order valence-electron chi connectivity index (χ1n) is 4.69. The van der Waals surface area contributed by atoms with Crippen molar-refractivity contribution >= 4 is 17.1 Å². The fraction of sp³-hybridized carbons (Fsp3) is 0. The van der Waals surface area contributed by atoms with E-state index < -0.39 is 0 Å². The Morgan fingerprint density at radius 3 is 2.93 bits per heavy atom. The van der Waals surface area contributed by atoms with Crippen LogP contribution >= 0.6 is 0 Å². The zero-order valence-corrected chi connectivity index (χ0v) is 7.92. The minimum Gasteiger partial charge on any atom is -0.464 e. The minimum atomic E-state index is 0.813. The Morgan fingerprint density at radius 1 is 1.00 bits per heavy atom. The highest BCUT2D eigenvalue weighted by molar-refractivity contribution is 5.87. The molecule has 3 nitrogen and oxygen atoms in total. The molecule has 1 aliphatic heterocycles. The van der Waals surface area contributed by atoms with E-state index in [-0.39, 0.29) is 0 Å². The highest BCUT2D eigenvalue weighted by Gasteiger charge is 2.08. The number of benzene rings is 1. The minimum absolute atomic E-state index is 0.813. The molecule has 72 valence electrons. The smallest absolute Gasteiger partial charge is 0.136 e. The van der Waals surface area contributed by atoms with Crippen LogP contribution in [0.4, 0.5) is 0 Å². The van der Waals surface area contributed by atoms with Gasteiger partial charge in [-0.25, -0.2) is 0 Å². The normalized spacial score (nSPS) is 13.3. The Morgan fingerprint density at radius 2 is 1.93 bits per heavy atom. The quantitative estimate of drug-likeness (QED) is 0.649. The van der Waals surface area contributed by atoms with Crippen molar-refractivity contribution in [1.82, 2.24) is 9.97 Å². The monoisotopic (exact) mass is 196 g/mol. The third kappa shape index (κ3) is 1.29. The lowest BCUT2D eigenvalue weighted by Gasteiger charge is -2.05. The molecule has 1 aromatic heterocycles. The maximum atomic E-state index is 5.45. The molecule has 0 saturated carbocycles. The largest absolute Gasteiger partial charge is 0.464 e. The number of hydrogen-bond donors (Lipinski definition) is 0. The number of ether oxygens (including phenoxy) is 1. The van der Waals surface area contributed by atoms with Crippen molar-refractivity contribution in [3.05, 3.63) is 48.5 Å². The van der Waals surface area contributed by atoms with E-state index in [1.807, 2.05) is 30.4 Å². The third-order valence-corrected chi connectivity index (χ3v) is 2.29.